The van der Waals surface area contributed by atoms with E-state index in [2.05, 4.69) is 40.3 Å². The fourth-order valence-electron chi connectivity index (χ4n) is 2.62. The van der Waals surface area contributed by atoms with Crippen LogP contribution in [0.2, 0.25) is 10.0 Å². The van der Waals surface area contributed by atoms with Gasteiger partial charge in [-0.3, -0.25) is 0 Å². The molecular formula is C17H16Cl2N2. The average molecular weight is 319 g/mol. The van der Waals surface area contributed by atoms with Gasteiger partial charge in [0.15, 0.2) is 0 Å². The first kappa shape index (κ1) is 14.5. The molecule has 0 saturated heterocycles. The zero-order valence-corrected chi connectivity index (χ0v) is 13.2. The summed E-state index contributed by atoms with van der Waals surface area (Å²) in [5.41, 5.74) is 3.57. The molecule has 1 N–H and O–H groups in total. The maximum Gasteiger partial charge on any atom is 0.0491 e. The highest BCUT2D eigenvalue weighted by Crippen LogP contribution is 2.26. The Morgan fingerprint density at radius 2 is 1.86 bits per heavy atom. The van der Waals surface area contributed by atoms with Crippen molar-refractivity contribution >= 4 is 34.1 Å². The van der Waals surface area contributed by atoms with Crippen LogP contribution >= 0.6 is 23.2 Å². The summed E-state index contributed by atoms with van der Waals surface area (Å²) in [5.74, 6) is 0. The van der Waals surface area contributed by atoms with Gasteiger partial charge in [0.05, 0.1) is 0 Å². The van der Waals surface area contributed by atoms with Crippen LogP contribution in [0.1, 0.15) is 11.1 Å². The molecule has 1 heterocycles. The van der Waals surface area contributed by atoms with Crippen molar-refractivity contribution in [3.05, 3.63) is 69.8 Å². The predicted molar refractivity (Wildman–Crippen MR) is 90.3 cm³/mol. The summed E-state index contributed by atoms with van der Waals surface area (Å²) in [6.45, 7) is 1.59. The minimum Gasteiger partial charge on any atom is -0.343 e. The van der Waals surface area contributed by atoms with Gasteiger partial charge in [-0.15, -0.1) is 0 Å². The Morgan fingerprint density at radius 1 is 1.05 bits per heavy atom. The summed E-state index contributed by atoms with van der Waals surface area (Å²) in [7, 11) is 1.96. The first-order valence-electron chi connectivity index (χ1n) is 6.84. The monoisotopic (exact) mass is 318 g/mol. The topological polar surface area (TPSA) is 17.0 Å². The van der Waals surface area contributed by atoms with Gasteiger partial charge in [0.2, 0.25) is 0 Å². The summed E-state index contributed by atoms with van der Waals surface area (Å²) < 4.78 is 2.23. The van der Waals surface area contributed by atoms with Gasteiger partial charge in [0, 0.05) is 40.2 Å². The van der Waals surface area contributed by atoms with Crippen LogP contribution in [0.15, 0.2) is 48.7 Å². The van der Waals surface area contributed by atoms with E-state index in [4.69, 9.17) is 23.2 Å². The van der Waals surface area contributed by atoms with E-state index in [-0.39, 0.29) is 0 Å². The summed E-state index contributed by atoms with van der Waals surface area (Å²) in [6, 6.07) is 14.1. The van der Waals surface area contributed by atoms with Gasteiger partial charge < -0.3 is 9.88 Å². The number of rotatable bonds is 4. The van der Waals surface area contributed by atoms with E-state index in [1.165, 1.54) is 16.5 Å². The molecule has 108 valence electrons. The van der Waals surface area contributed by atoms with Crippen LogP contribution in [0, 0.1) is 0 Å². The normalized spacial score (nSPS) is 11.2. The standard InChI is InChI=1S/C17H16Cl2N2/c1-20-9-13-11-21(17-5-3-2-4-15(13)17)10-12-6-7-14(18)8-16(12)19/h2-8,11,20H,9-10H2,1H3. The smallest absolute Gasteiger partial charge is 0.0491 e. The Bertz CT molecular complexity index is 778. The minimum absolute atomic E-state index is 0.664. The third kappa shape index (κ3) is 2.93. The zero-order chi connectivity index (χ0) is 14.8. The molecule has 2 aromatic carbocycles. The number of halogens is 2. The highest BCUT2D eigenvalue weighted by atomic mass is 35.5. The van der Waals surface area contributed by atoms with E-state index in [9.17, 15) is 0 Å². The van der Waals surface area contributed by atoms with Crippen molar-refractivity contribution in [1.82, 2.24) is 9.88 Å². The molecule has 0 saturated carbocycles. The maximum atomic E-state index is 6.29. The van der Waals surface area contributed by atoms with E-state index < -0.39 is 0 Å². The summed E-state index contributed by atoms with van der Waals surface area (Å²) in [5, 5.41) is 5.86. The van der Waals surface area contributed by atoms with E-state index in [0.29, 0.717) is 10.0 Å². The van der Waals surface area contributed by atoms with Crippen LogP contribution in [-0.4, -0.2) is 11.6 Å². The summed E-state index contributed by atoms with van der Waals surface area (Å²) in [6.07, 6.45) is 2.19. The molecule has 0 amide bonds. The Morgan fingerprint density at radius 3 is 2.62 bits per heavy atom. The number of benzene rings is 2. The van der Waals surface area contributed by atoms with Gasteiger partial charge in [0.25, 0.3) is 0 Å². The number of nitrogens with zero attached hydrogens (tertiary/aromatic N) is 1. The molecule has 0 radical (unpaired) electrons. The van der Waals surface area contributed by atoms with Crippen LogP contribution in [0.25, 0.3) is 10.9 Å². The summed E-state index contributed by atoms with van der Waals surface area (Å²) in [4.78, 5) is 0. The molecule has 3 aromatic rings. The molecule has 1 aromatic heterocycles. The van der Waals surface area contributed by atoms with Crippen molar-refractivity contribution in [2.24, 2.45) is 0 Å². The van der Waals surface area contributed by atoms with Crippen molar-refractivity contribution in [3.63, 3.8) is 0 Å². The molecule has 0 aliphatic rings. The zero-order valence-electron chi connectivity index (χ0n) is 11.7. The van der Waals surface area contributed by atoms with Gasteiger partial charge >= 0.3 is 0 Å². The van der Waals surface area contributed by atoms with Gasteiger partial charge in [-0.25, -0.2) is 0 Å². The molecule has 3 rings (SSSR count). The van der Waals surface area contributed by atoms with Crippen molar-refractivity contribution in [2.45, 2.75) is 13.1 Å². The van der Waals surface area contributed by atoms with Crippen molar-refractivity contribution in [3.8, 4) is 0 Å². The fraction of sp³-hybridized carbons (Fsp3) is 0.176. The largest absolute Gasteiger partial charge is 0.343 e. The molecule has 0 aliphatic carbocycles. The van der Waals surface area contributed by atoms with Crippen LogP contribution in [0.5, 0.6) is 0 Å². The Labute approximate surface area is 134 Å². The van der Waals surface area contributed by atoms with E-state index in [1.807, 2.05) is 19.2 Å². The number of fused-ring (bicyclic) bond motifs is 1. The molecule has 0 fully saturated rings. The first-order valence-corrected chi connectivity index (χ1v) is 7.60. The average Bonchev–Trinajstić information content (AvgIpc) is 2.81. The van der Waals surface area contributed by atoms with Gasteiger partial charge in [-0.2, -0.15) is 0 Å². The SMILES string of the molecule is CNCc1cn(Cc2ccc(Cl)cc2Cl)c2ccccc12. The minimum atomic E-state index is 0.664. The quantitative estimate of drug-likeness (QED) is 0.736. The van der Waals surface area contributed by atoms with Crippen molar-refractivity contribution < 1.29 is 0 Å². The molecule has 2 nitrogen and oxygen atoms in total. The second kappa shape index (κ2) is 6.10. The Hall–Kier alpha value is -1.48. The predicted octanol–water partition coefficient (Wildman–Crippen LogP) is 4.72. The lowest BCUT2D eigenvalue weighted by atomic mass is 10.2. The Kier molecular flexibility index (Phi) is 4.20. The highest BCUT2D eigenvalue weighted by Gasteiger charge is 2.09. The number of aromatic nitrogens is 1. The van der Waals surface area contributed by atoms with Crippen LogP contribution in [0.3, 0.4) is 0 Å². The van der Waals surface area contributed by atoms with Crippen LogP contribution in [0.4, 0.5) is 0 Å². The van der Waals surface area contributed by atoms with Gasteiger partial charge in [-0.05, 0) is 36.4 Å². The number of para-hydroxylation sites is 1. The lowest BCUT2D eigenvalue weighted by Gasteiger charge is -2.08. The molecule has 0 aliphatic heterocycles. The molecule has 21 heavy (non-hydrogen) atoms. The van der Waals surface area contributed by atoms with E-state index >= 15 is 0 Å². The van der Waals surface area contributed by atoms with Crippen molar-refractivity contribution in [2.75, 3.05) is 7.05 Å². The number of hydrogen-bond donors (Lipinski definition) is 1. The summed E-state index contributed by atoms with van der Waals surface area (Å²) >= 11 is 12.2. The highest BCUT2D eigenvalue weighted by molar-refractivity contribution is 6.35. The molecule has 0 spiro atoms. The molecule has 0 unspecified atom stereocenters. The second-order valence-corrected chi connectivity index (χ2v) is 5.91. The number of nitrogens with one attached hydrogen (secondary N) is 1. The fourth-order valence-corrected chi connectivity index (χ4v) is 3.09. The lowest BCUT2D eigenvalue weighted by Crippen LogP contribution is -2.04. The van der Waals surface area contributed by atoms with E-state index in [0.717, 1.165) is 18.7 Å². The molecular weight excluding hydrogens is 303 g/mol. The third-order valence-electron chi connectivity index (χ3n) is 3.59. The molecule has 0 atom stereocenters. The second-order valence-electron chi connectivity index (χ2n) is 5.07. The molecule has 4 heteroatoms. The Balaban J connectivity index is 2.04. The van der Waals surface area contributed by atoms with E-state index in [1.54, 1.807) is 6.07 Å². The van der Waals surface area contributed by atoms with Crippen LogP contribution < -0.4 is 5.32 Å². The van der Waals surface area contributed by atoms with Crippen molar-refractivity contribution in [1.29, 1.82) is 0 Å². The van der Waals surface area contributed by atoms with Gasteiger partial charge in [0.1, 0.15) is 0 Å². The molecule has 0 bridgehead atoms. The lowest BCUT2D eigenvalue weighted by molar-refractivity contribution is 0.795. The maximum absolute atomic E-state index is 6.29. The van der Waals surface area contributed by atoms with Gasteiger partial charge in [-0.1, -0.05) is 47.5 Å². The third-order valence-corrected chi connectivity index (χ3v) is 4.18. The first-order chi connectivity index (χ1) is 10.2. The van der Waals surface area contributed by atoms with Crippen LogP contribution in [-0.2, 0) is 13.1 Å². The number of hydrogen-bond acceptors (Lipinski definition) is 1.